The van der Waals surface area contributed by atoms with Crippen molar-refractivity contribution in [1.82, 2.24) is 4.98 Å². The fourth-order valence-electron chi connectivity index (χ4n) is 7.24. The van der Waals surface area contributed by atoms with E-state index in [2.05, 4.69) is 4.98 Å². The van der Waals surface area contributed by atoms with E-state index in [0.717, 1.165) is 27.1 Å². The third-order valence-electron chi connectivity index (χ3n) is 9.43. The van der Waals surface area contributed by atoms with Gasteiger partial charge in [-0.1, -0.05) is 48.5 Å². The molecule has 11 heteroatoms. The number of hydrogen-bond donors (Lipinski definition) is 5. The quantitative estimate of drug-likeness (QED) is 0.0936. The topological polar surface area (TPSA) is 161 Å². The van der Waals surface area contributed by atoms with Gasteiger partial charge in [-0.15, -0.1) is 0 Å². The number of ether oxygens (including phenoxy) is 1. The van der Waals surface area contributed by atoms with Crippen molar-refractivity contribution in [2.24, 2.45) is 17.8 Å². The van der Waals surface area contributed by atoms with Gasteiger partial charge in [0.05, 0.1) is 42.5 Å². The number of fused-ring (bicyclic) bond motifs is 2. The van der Waals surface area contributed by atoms with E-state index in [0.29, 0.717) is 23.0 Å². The highest BCUT2D eigenvalue weighted by atomic mass is 16.5. The SMILES string of the molecule is COCC1=C([C@H](O)CC/C(=C/c2ccc(O)c3ccccc23)c2ccccn2)[C@H](CO)[C@@H]2C(=O)N(c3cccc(B(O)O)c3)C(=O)[C@@H]2C1. The highest BCUT2D eigenvalue weighted by molar-refractivity contribution is 6.58. The van der Waals surface area contributed by atoms with Gasteiger partial charge >= 0.3 is 7.12 Å². The second-order valence-electron chi connectivity index (χ2n) is 12.3. The summed E-state index contributed by atoms with van der Waals surface area (Å²) in [6.45, 7) is -0.354. The Morgan fingerprint density at radius 1 is 1.02 bits per heavy atom. The maximum atomic E-state index is 13.9. The molecule has 2 amide bonds. The van der Waals surface area contributed by atoms with Crippen LogP contribution in [0.25, 0.3) is 22.4 Å². The summed E-state index contributed by atoms with van der Waals surface area (Å²) >= 11 is 0. The average molecular weight is 649 g/mol. The van der Waals surface area contributed by atoms with Crippen LogP contribution in [0.5, 0.6) is 5.75 Å². The molecular weight excluding hydrogens is 611 g/mol. The summed E-state index contributed by atoms with van der Waals surface area (Å²) in [6, 6.07) is 22.6. The first-order valence-electron chi connectivity index (χ1n) is 15.9. The summed E-state index contributed by atoms with van der Waals surface area (Å²) < 4.78 is 5.49. The molecule has 246 valence electrons. The smallest absolute Gasteiger partial charge is 0.488 e. The minimum atomic E-state index is -1.78. The Labute approximate surface area is 278 Å². The number of aromatic hydroxyl groups is 1. The number of imide groups is 1. The Balaban J connectivity index is 1.32. The number of anilines is 1. The first-order valence-corrected chi connectivity index (χ1v) is 15.9. The van der Waals surface area contributed by atoms with Crippen LogP contribution in [0, 0.1) is 17.8 Å². The summed E-state index contributed by atoms with van der Waals surface area (Å²) in [5.74, 6) is -3.30. The number of carbonyl (C=O) groups excluding carboxylic acids is 2. The fraction of sp³-hybridized carbons (Fsp3) is 0.270. The van der Waals surface area contributed by atoms with Gasteiger partial charge in [0, 0.05) is 24.6 Å². The van der Waals surface area contributed by atoms with Gasteiger partial charge < -0.3 is 30.1 Å². The van der Waals surface area contributed by atoms with Crippen LogP contribution in [0.15, 0.2) is 96.2 Å². The van der Waals surface area contributed by atoms with Gasteiger partial charge in [-0.05, 0) is 88.8 Å². The second-order valence-corrected chi connectivity index (χ2v) is 12.3. The van der Waals surface area contributed by atoms with Crippen molar-refractivity contribution in [3.05, 3.63) is 107 Å². The van der Waals surface area contributed by atoms with E-state index in [9.17, 15) is 35.0 Å². The summed E-state index contributed by atoms with van der Waals surface area (Å²) in [7, 11) is -0.264. The average Bonchev–Trinajstić information content (AvgIpc) is 3.35. The highest BCUT2D eigenvalue weighted by Crippen LogP contribution is 2.47. The number of aliphatic hydroxyl groups excluding tert-OH is 2. The molecule has 1 fully saturated rings. The van der Waals surface area contributed by atoms with Gasteiger partial charge in [-0.2, -0.15) is 0 Å². The van der Waals surface area contributed by atoms with E-state index in [1.165, 1.54) is 25.3 Å². The fourth-order valence-corrected chi connectivity index (χ4v) is 7.24. The predicted molar refractivity (Wildman–Crippen MR) is 183 cm³/mol. The summed E-state index contributed by atoms with van der Waals surface area (Å²) in [4.78, 5) is 33.3. The van der Waals surface area contributed by atoms with Crippen molar-refractivity contribution in [3.8, 4) is 5.75 Å². The number of pyridine rings is 1. The second kappa shape index (κ2) is 14.2. The number of aliphatic hydroxyl groups is 2. The lowest BCUT2D eigenvalue weighted by molar-refractivity contribution is -0.123. The minimum absolute atomic E-state index is 0.113. The number of rotatable bonds is 11. The van der Waals surface area contributed by atoms with Crippen LogP contribution in [0.4, 0.5) is 5.69 Å². The van der Waals surface area contributed by atoms with Crippen molar-refractivity contribution >= 4 is 52.5 Å². The van der Waals surface area contributed by atoms with Crippen LogP contribution in [0.3, 0.4) is 0 Å². The zero-order chi connectivity index (χ0) is 33.9. The van der Waals surface area contributed by atoms with Gasteiger partial charge in [0.25, 0.3) is 0 Å². The van der Waals surface area contributed by atoms with Crippen molar-refractivity contribution in [1.29, 1.82) is 0 Å². The Hall–Kier alpha value is -4.65. The molecule has 10 nitrogen and oxygen atoms in total. The van der Waals surface area contributed by atoms with E-state index in [-0.39, 0.29) is 36.3 Å². The van der Waals surface area contributed by atoms with Crippen LogP contribution in [-0.4, -0.2) is 75.7 Å². The molecule has 1 aliphatic carbocycles. The molecule has 48 heavy (non-hydrogen) atoms. The minimum Gasteiger partial charge on any atom is -0.507 e. The van der Waals surface area contributed by atoms with Crippen molar-refractivity contribution in [3.63, 3.8) is 0 Å². The summed E-state index contributed by atoms with van der Waals surface area (Å²) in [6.07, 6.45) is 3.42. The Kier molecular flexibility index (Phi) is 9.86. The molecule has 0 spiro atoms. The number of hydrogen-bond acceptors (Lipinski definition) is 9. The van der Waals surface area contributed by atoms with Crippen LogP contribution < -0.4 is 10.4 Å². The molecule has 4 aromatic rings. The lowest BCUT2D eigenvalue weighted by Gasteiger charge is -2.36. The zero-order valence-electron chi connectivity index (χ0n) is 26.4. The highest BCUT2D eigenvalue weighted by Gasteiger charge is 2.55. The molecule has 0 radical (unpaired) electrons. The molecule has 0 unspecified atom stereocenters. The maximum absolute atomic E-state index is 13.9. The van der Waals surface area contributed by atoms with E-state index in [1.807, 2.05) is 54.6 Å². The van der Waals surface area contributed by atoms with Gasteiger partial charge in [0.15, 0.2) is 0 Å². The van der Waals surface area contributed by atoms with Crippen LogP contribution >= 0.6 is 0 Å². The van der Waals surface area contributed by atoms with Crippen LogP contribution in [-0.2, 0) is 14.3 Å². The van der Waals surface area contributed by atoms with Crippen LogP contribution in [0.2, 0.25) is 0 Å². The Bertz CT molecular complexity index is 1890. The zero-order valence-corrected chi connectivity index (χ0v) is 26.4. The Morgan fingerprint density at radius 3 is 2.50 bits per heavy atom. The normalized spacial score (nSPS) is 20.4. The van der Waals surface area contributed by atoms with Gasteiger partial charge in [0.2, 0.25) is 11.8 Å². The van der Waals surface area contributed by atoms with Crippen LogP contribution in [0.1, 0.15) is 30.5 Å². The van der Waals surface area contributed by atoms with Crippen molar-refractivity contribution in [2.75, 3.05) is 25.2 Å². The van der Waals surface area contributed by atoms with E-state index in [4.69, 9.17) is 4.74 Å². The standard InChI is InChI=1S/C37H37BN2O8/c1-48-21-24-18-29-35(37(45)40(36(29)44)26-8-6-7-25(19-26)38(46)47)30(20-41)34(24)33(43)15-13-23(31-11-4-5-16-39-31)17-22-12-14-32(42)28-10-3-2-9-27(22)28/h2-12,14,16-17,19,29-30,33,35,41-43,46-47H,13,15,18,20-21H2,1H3/b23-17-/t29-,30+,33-,35-/m1/s1. The summed E-state index contributed by atoms with van der Waals surface area (Å²) in [5.41, 5.74) is 3.95. The number of nitrogens with zero attached hydrogens (tertiary/aromatic N) is 2. The number of carbonyl (C=O) groups is 2. The van der Waals surface area contributed by atoms with E-state index >= 15 is 0 Å². The molecule has 4 atom stereocenters. The maximum Gasteiger partial charge on any atom is 0.488 e. The number of methoxy groups -OCH3 is 1. The molecule has 2 aliphatic rings. The molecule has 0 saturated carbocycles. The largest absolute Gasteiger partial charge is 0.507 e. The lowest BCUT2D eigenvalue weighted by atomic mass is 9.68. The molecule has 1 aromatic heterocycles. The number of amides is 2. The number of phenols is 1. The molecule has 1 saturated heterocycles. The van der Waals surface area contributed by atoms with Gasteiger partial charge in [-0.25, -0.2) is 0 Å². The van der Waals surface area contributed by atoms with E-state index in [1.54, 1.807) is 18.3 Å². The first kappa shape index (κ1) is 33.3. The number of aromatic nitrogens is 1. The molecule has 5 N–H and O–H groups in total. The molecule has 6 rings (SSSR count). The molecule has 2 heterocycles. The molecule has 0 bridgehead atoms. The van der Waals surface area contributed by atoms with E-state index < -0.39 is 49.4 Å². The number of allylic oxidation sites excluding steroid dienone is 1. The number of phenolic OH excluding ortho intramolecular Hbond substituents is 1. The van der Waals surface area contributed by atoms with Gasteiger partial charge in [0.1, 0.15) is 5.75 Å². The molecule has 1 aliphatic heterocycles. The molecular formula is C37H37BN2O8. The molecule has 3 aromatic carbocycles. The number of benzene rings is 3. The Morgan fingerprint density at radius 2 is 1.79 bits per heavy atom. The monoisotopic (exact) mass is 648 g/mol. The van der Waals surface area contributed by atoms with Crippen molar-refractivity contribution < 1.29 is 39.7 Å². The first-order chi connectivity index (χ1) is 23.2. The van der Waals surface area contributed by atoms with Crippen molar-refractivity contribution in [2.45, 2.75) is 25.4 Å². The third-order valence-corrected chi connectivity index (χ3v) is 9.43. The predicted octanol–water partition coefficient (Wildman–Crippen LogP) is 3.06. The van der Waals surface area contributed by atoms with Gasteiger partial charge in [-0.3, -0.25) is 19.5 Å². The third kappa shape index (κ3) is 6.30. The summed E-state index contributed by atoms with van der Waals surface area (Å²) in [5, 5.41) is 53.9. The lowest BCUT2D eigenvalue weighted by Crippen LogP contribution is -2.39.